The van der Waals surface area contributed by atoms with Crippen molar-refractivity contribution in [1.29, 1.82) is 0 Å². The number of nitrogens with one attached hydrogen (secondary N) is 1. The second kappa shape index (κ2) is 28.0. The molecule has 0 aromatic carbocycles. The Morgan fingerprint density at radius 3 is 1.88 bits per heavy atom. The summed E-state index contributed by atoms with van der Waals surface area (Å²) in [6.45, 7) is 21.4. The first kappa shape index (κ1) is 60.5. The summed E-state index contributed by atoms with van der Waals surface area (Å²) in [5, 5.41) is 15.8. The molecule has 1 amide bonds. The number of piperidine rings is 1. The minimum Gasteiger partial charge on any atom is -0.393 e. The number of rotatable bonds is 29. The van der Waals surface area contributed by atoms with Crippen molar-refractivity contribution in [2.24, 2.45) is 87.8 Å². The Hall–Kier alpha value is -1.07. The van der Waals surface area contributed by atoms with Gasteiger partial charge >= 0.3 is 0 Å². The van der Waals surface area contributed by atoms with Gasteiger partial charge in [0.1, 0.15) is 0 Å². The normalized spacial score (nSPS) is 37.6. The lowest BCUT2D eigenvalue weighted by Gasteiger charge is -2.64. The molecule has 5 nitrogen and oxygen atoms in total. The molecule has 9 rings (SSSR count). The van der Waals surface area contributed by atoms with Gasteiger partial charge in [-0.25, -0.2) is 0 Å². The lowest BCUT2D eigenvalue weighted by molar-refractivity contribution is -0.166. The Labute approximate surface area is 477 Å². The van der Waals surface area contributed by atoms with Gasteiger partial charge in [0.15, 0.2) is 0 Å². The number of carbonyl (C=O) groups excluding carboxylic acids is 1. The fourth-order valence-electron chi connectivity index (χ4n) is 21.4. The minimum atomic E-state index is -0.0660. The van der Waals surface area contributed by atoms with Gasteiger partial charge in [-0.3, -0.25) is 4.79 Å². The Morgan fingerprint density at radius 2 is 1.29 bits per heavy atom. The zero-order valence-corrected chi connectivity index (χ0v) is 52.3. The number of unbranched alkanes of at least 4 members (excludes halogenated alkanes) is 12. The Bertz CT molecular complexity index is 1810. The predicted molar refractivity (Wildman–Crippen MR) is 327 cm³/mol. The molecule has 0 spiro atoms. The molecule has 14 atom stereocenters. The maximum absolute atomic E-state index is 16.3. The molecular weight excluding hydrogens is 939 g/mol. The van der Waals surface area contributed by atoms with Gasteiger partial charge in [-0.1, -0.05) is 158 Å². The van der Waals surface area contributed by atoms with E-state index in [1.165, 1.54) is 244 Å². The van der Waals surface area contributed by atoms with E-state index in [1.54, 1.807) is 11.3 Å². The summed E-state index contributed by atoms with van der Waals surface area (Å²) in [6.07, 6.45) is 52.6. The van der Waals surface area contributed by atoms with Gasteiger partial charge in [0, 0.05) is 24.2 Å². The van der Waals surface area contributed by atoms with E-state index in [0.29, 0.717) is 34.5 Å². The van der Waals surface area contributed by atoms with Gasteiger partial charge in [-0.05, 0) is 255 Å². The summed E-state index contributed by atoms with van der Waals surface area (Å²) in [6, 6.07) is 0.194. The third-order valence-corrected chi connectivity index (χ3v) is 25.7. The number of aliphatic hydroxyl groups excluding tert-OH is 1. The third-order valence-electron chi connectivity index (χ3n) is 25.7. The molecule has 14 unspecified atom stereocenters. The number of amides is 1. The van der Waals surface area contributed by atoms with Crippen LogP contribution < -0.4 is 5.32 Å². The molecule has 9 fully saturated rings. The fraction of sp³-hybridized carbons (Fsp3) is 0.958. The topological polar surface area (TPSA) is 55.8 Å². The molecule has 1 heterocycles. The molecule has 0 aromatic heterocycles. The van der Waals surface area contributed by atoms with Crippen LogP contribution in [0, 0.1) is 87.8 Å². The first-order valence-electron chi connectivity index (χ1n) is 35.4. The average molecular weight is 1070 g/mol. The molecule has 1 saturated heterocycles. The summed E-state index contributed by atoms with van der Waals surface area (Å²) >= 11 is 0. The van der Waals surface area contributed by atoms with Crippen LogP contribution in [-0.2, 0) is 4.79 Å². The van der Waals surface area contributed by atoms with Gasteiger partial charge < -0.3 is 20.2 Å². The second-order valence-corrected chi connectivity index (χ2v) is 31.4. The standard InChI is InChI=1S/C72H127N3O2/c1-9-11-13-15-17-18-20-22-26-56(25-21-19-16-14-12-10-2)51-75(67(45-55-37-41-74(8)42-38-55)69(59-29-24-30-59)73-72-48-52(3)43-57(50-72)44-53(4)49-72)68(77)34-31-54(5)63-32-33-64-62-47-61(58-27-23-28-58)66-46-60(76)35-39-71(66,7)65(62)36-40-70(63,64)6/h52-58,60-67,73,76H,9-51H2,1-8H3. The van der Waals surface area contributed by atoms with Crippen molar-refractivity contribution in [3.63, 3.8) is 0 Å². The number of fused-ring (bicyclic) bond motifs is 7. The molecule has 0 radical (unpaired) electrons. The van der Waals surface area contributed by atoms with Crippen LogP contribution in [0.1, 0.15) is 305 Å². The van der Waals surface area contributed by atoms with Crippen LogP contribution in [-0.4, -0.2) is 65.2 Å². The summed E-state index contributed by atoms with van der Waals surface area (Å²) in [4.78, 5) is 21.5. The fourth-order valence-corrected chi connectivity index (χ4v) is 21.4. The van der Waals surface area contributed by atoms with Crippen LogP contribution in [0.15, 0.2) is 11.3 Å². The highest BCUT2D eigenvalue weighted by atomic mass is 16.3. The number of aliphatic hydroxyl groups is 1. The molecule has 2 bridgehead atoms. The molecule has 8 saturated carbocycles. The summed E-state index contributed by atoms with van der Waals surface area (Å²) in [7, 11) is 2.34. The predicted octanol–water partition coefficient (Wildman–Crippen LogP) is 18.9. The van der Waals surface area contributed by atoms with Crippen LogP contribution in [0.4, 0.5) is 0 Å². The highest BCUT2D eigenvalue weighted by Gasteiger charge is 2.63. The van der Waals surface area contributed by atoms with Crippen LogP contribution in [0.3, 0.4) is 0 Å². The van der Waals surface area contributed by atoms with E-state index in [1.807, 2.05) is 0 Å². The molecular formula is C72H127N3O2. The van der Waals surface area contributed by atoms with Crippen LogP contribution in [0.25, 0.3) is 0 Å². The second-order valence-electron chi connectivity index (χ2n) is 31.4. The summed E-state index contributed by atoms with van der Waals surface area (Å²) in [5.41, 5.74) is 4.30. The Balaban J connectivity index is 0.979. The van der Waals surface area contributed by atoms with Crippen LogP contribution >= 0.6 is 0 Å². The van der Waals surface area contributed by atoms with E-state index in [4.69, 9.17) is 5.32 Å². The minimum absolute atomic E-state index is 0.0660. The van der Waals surface area contributed by atoms with Crippen molar-refractivity contribution in [3.05, 3.63) is 11.3 Å². The van der Waals surface area contributed by atoms with Crippen molar-refractivity contribution in [2.45, 2.75) is 323 Å². The zero-order valence-electron chi connectivity index (χ0n) is 52.3. The lowest BCUT2D eigenvalue weighted by Crippen LogP contribution is -2.58. The van der Waals surface area contributed by atoms with E-state index >= 15 is 4.79 Å². The third kappa shape index (κ3) is 14.7. The quantitative estimate of drug-likeness (QED) is 0.0733. The maximum atomic E-state index is 16.3. The van der Waals surface area contributed by atoms with Crippen LogP contribution in [0.5, 0.6) is 0 Å². The van der Waals surface area contributed by atoms with Crippen LogP contribution in [0.2, 0.25) is 0 Å². The number of likely N-dealkylation sites (tertiary alicyclic amines) is 1. The zero-order chi connectivity index (χ0) is 54.2. The number of hydrogen-bond acceptors (Lipinski definition) is 4. The maximum Gasteiger partial charge on any atom is 0.223 e. The smallest absolute Gasteiger partial charge is 0.223 e. The lowest BCUT2D eigenvalue weighted by atomic mass is 9.40. The van der Waals surface area contributed by atoms with Crippen molar-refractivity contribution >= 4 is 5.91 Å². The van der Waals surface area contributed by atoms with Crippen molar-refractivity contribution < 1.29 is 9.90 Å². The van der Waals surface area contributed by atoms with Gasteiger partial charge in [0.05, 0.1) is 12.1 Å². The molecule has 442 valence electrons. The molecule has 9 aliphatic rings. The SMILES string of the molecule is CCCCCCCCCCC(CCCCCCCC)CN(C(=O)CCC(C)C1CCC2C3CC(C4CCC4)C4CC(O)CCC4(C)C3CCC12C)C(CC1CCN(C)CC1)C(NC12CC(C)CC(CC(C)C1)C2)=C1CCC1. The first-order valence-corrected chi connectivity index (χ1v) is 35.4. The molecule has 1 aliphatic heterocycles. The van der Waals surface area contributed by atoms with E-state index in [2.05, 4.69) is 65.3 Å². The summed E-state index contributed by atoms with van der Waals surface area (Å²) in [5.74, 6) is 10.6. The highest BCUT2D eigenvalue weighted by molar-refractivity contribution is 5.77. The Kier molecular flexibility index (Phi) is 22.0. The Morgan fingerprint density at radius 1 is 0.675 bits per heavy atom. The van der Waals surface area contributed by atoms with Crippen molar-refractivity contribution in [1.82, 2.24) is 15.1 Å². The molecule has 5 heteroatoms. The molecule has 77 heavy (non-hydrogen) atoms. The molecule has 8 aliphatic carbocycles. The molecule has 2 N–H and O–H groups in total. The van der Waals surface area contributed by atoms with Crippen molar-refractivity contribution in [3.8, 4) is 0 Å². The summed E-state index contributed by atoms with van der Waals surface area (Å²) < 4.78 is 0. The number of nitrogens with zero attached hydrogens (tertiary/aromatic N) is 2. The number of allylic oxidation sites excluding steroid dienone is 1. The number of carbonyl (C=O) groups is 1. The van der Waals surface area contributed by atoms with Gasteiger partial charge in [0.25, 0.3) is 0 Å². The van der Waals surface area contributed by atoms with Gasteiger partial charge in [-0.15, -0.1) is 0 Å². The van der Waals surface area contributed by atoms with E-state index in [0.717, 1.165) is 91.4 Å². The van der Waals surface area contributed by atoms with Gasteiger partial charge in [-0.2, -0.15) is 0 Å². The van der Waals surface area contributed by atoms with Crippen molar-refractivity contribution in [2.75, 3.05) is 26.7 Å². The van der Waals surface area contributed by atoms with E-state index in [9.17, 15) is 5.11 Å². The number of hydrogen-bond donors (Lipinski definition) is 2. The van der Waals surface area contributed by atoms with E-state index < -0.39 is 0 Å². The average Bonchev–Trinajstić information content (AvgIpc) is 3.85. The molecule has 0 aromatic rings. The van der Waals surface area contributed by atoms with E-state index in [-0.39, 0.29) is 17.7 Å². The monoisotopic (exact) mass is 1070 g/mol. The van der Waals surface area contributed by atoms with Gasteiger partial charge in [0.2, 0.25) is 5.91 Å². The first-order chi connectivity index (χ1) is 37.2. The highest BCUT2D eigenvalue weighted by Crippen LogP contribution is 2.70. The largest absolute Gasteiger partial charge is 0.393 e.